The zero-order valence-corrected chi connectivity index (χ0v) is 19.0. The Morgan fingerprint density at radius 3 is 2.48 bits per heavy atom. The second-order valence-electron chi connectivity index (χ2n) is 8.29. The van der Waals surface area contributed by atoms with Crippen LogP contribution in [0.2, 0.25) is 0 Å². The molecule has 2 aromatic carbocycles. The molecule has 2 N–H and O–H groups in total. The third-order valence-electron chi connectivity index (χ3n) is 5.57. The first-order valence-corrected chi connectivity index (χ1v) is 10.5. The molecule has 164 valence electrons. The van der Waals surface area contributed by atoms with E-state index in [9.17, 15) is 9.59 Å². The molecular weight excluding hydrogens is 392 g/mol. The van der Waals surface area contributed by atoms with Crippen LogP contribution in [0.5, 0.6) is 5.75 Å². The predicted octanol–water partition coefficient (Wildman–Crippen LogP) is 4.64. The molecular formula is C25H30N2O4. The fraction of sp³-hybridized carbons (Fsp3) is 0.360. The van der Waals surface area contributed by atoms with Gasteiger partial charge in [-0.25, -0.2) is 0 Å². The number of hydrogen-bond donors (Lipinski definition) is 2. The average Bonchev–Trinajstić information content (AvgIpc) is 3.10. The van der Waals surface area contributed by atoms with Gasteiger partial charge in [-0.05, 0) is 74.1 Å². The van der Waals surface area contributed by atoms with Gasteiger partial charge in [0.1, 0.15) is 11.3 Å². The SMILES string of the molecule is Cc1cc2occ(CC(=O)NNC(=O)C(C)Oc3cccc(C)c3C)c2cc1C(C)C. The van der Waals surface area contributed by atoms with E-state index in [0.29, 0.717) is 11.7 Å². The maximum absolute atomic E-state index is 12.4. The first-order chi connectivity index (χ1) is 14.7. The van der Waals surface area contributed by atoms with Gasteiger partial charge in [0.2, 0.25) is 5.91 Å². The van der Waals surface area contributed by atoms with Gasteiger partial charge < -0.3 is 9.15 Å². The topological polar surface area (TPSA) is 80.6 Å². The predicted molar refractivity (Wildman–Crippen MR) is 121 cm³/mol. The first-order valence-electron chi connectivity index (χ1n) is 10.5. The number of ether oxygens (including phenoxy) is 1. The summed E-state index contributed by atoms with van der Waals surface area (Å²) in [5.74, 6) is 0.263. The maximum atomic E-state index is 12.4. The lowest BCUT2D eigenvalue weighted by molar-refractivity contribution is -0.132. The molecule has 2 amide bonds. The molecule has 1 aromatic heterocycles. The van der Waals surface area contributed by atoms with Crippen molar-refractivity contribution >= 4 is 22.8 Å². The Morgan fingerprint density at radius 2 is 1.77 bits per heavy atom. The highest BCUT2D eigenvalue weighted by molar-refractivity contribution is 5.90. The number of hydrogen-bond acceptors (Lipinski definition) is 4. The molecule has 3 rings (SSSR count). The van der Waals surface area contributed by atoms with E-state index in [1.165, 1.54) is 5.56 Å². The summed E-state index contributed by atoms with van der Waals surface area (Å²) in [6.07, 6.45) is 0.939. The van der Waals surface area contributed by atoms with Crippen LogP contribution in [0.15, 0.2) is 41.0 Å². The minimum atomic E-state index is -0.757. The molecule has 6 heteroatoms. The van der Waals surface area contributed by atoms with Crippen LogP contribution in [0, 0.1) is 20.8 Å². The quantitative estimate of drug-likeness (QED) is 0.567. The van der Waals surface area contributed by atoms with Crippen LogP contribution < -0.4 is 15.6 Å². The summed E-state index contributed by atoms with van der Waals surface area (Å²) in [7, 11) is 0. The highest BCUT2D eigenvalue weighted by Crippen LogP contribution is 2.29. The van der Waals surface area contributed by atoms with Crippen molar-refractivity contribution in [3.05, 3.63) is 64.4 Å². The van der Waals surface area contributed by atoms with Crippen molar-refractivity contribution in [1.82, 2.24) is 10.9 Å². The molecule has 0 spiro atoms. The largest absolute Gasteiger partial charge is 0.481 e. The number of carbonyl (C=O) groups excluding carboxylic acids is 2. The number of furan rings is 1. The number of fused-ring (bicyclic) bond motifs is 1. The second-order valence-corrected chi connectivity index (χ2v) is 8.29. The van der Waals surface area contributed by atoms with Crippen LogP contribution in [-0.4, -0.2) is 17.9 Å². The summed E-state index contributed by atoms with van der Waals surface area (Å²) >= 11 is 0. The monoisotopic (exact) mass is 422 g/mol. The van der Waals surface area contributed by atoms with Gasteiger partial charge in [-0.3, -0.25) is 20.4 Å². The van der Waals surface area contributed by atoms with E-state index in [1.54, 1.807) is 13.2 Å². The fourth-order valence-electron chi connectivity index (χ4n) is 3.55. The molecule has 0 aliphatic rings. The van der Waals surface area contributed by atoms with Gasteiger partial charge in [-0.15, -0.1) is 0 Å². The van der Waals surface area contributed by atoms with Crippen LogP contribution in [0.1, 0.15) is 54.5 Å². The highest BCUT2D eigenvalue weighted by Gasteiger charge is 2.18. The van der Waals surface area contributed by atoms with Gasteiger partial charge in [0.05, 0.1) is 12.7 Å². The Labute approximate surface area is 182 Å². The van der Waals surface area contributed by atoms with E-state index >= 15 is 0 Å². The molecule has 0 aliphatic carbocycles. The van der Waals surface area contributed by atoms with Crippen LogP contribution in [0.4, 0.5) is 0 Å². The Morgan fingerprint density at radius 1 is 1.03 bits per heavy atom. The molecule has 0 radical (unpaired) electrons. The van der Waals surface area contributed by atoms with E-state index < -0.39 is 12.0 Å². The highest BCUT2D eigenvalue weighted by atomic mass is 16.5. The smallest absolute Gasteiger partial charge is 0.279 e. The average molecular weight is 423 g/mol. The van der Waals surface area contributed by atoms with E-state index in [0.717, 1.165) is 33.2 Å². The lowest BCUT2D eigenvalue weighted by Crippen LogP contribution is -2.47. The van der Waals surface area contributed by atoms with Crippen molar-refractivity contribution in [1.29, 1.82) is 0 Å². The third kappa shape index (κ3) is 5.08. The second kappa shape index (κ2) is 9.25. The molecule has 3 aromatic rings. The van der Waals surface area contributed by atoms with E-state index in [-0.39, 0.29) is 12.3 Å². The molecule has 0 aliphatic heterocycles. The number of hydrazine groups is 1. The van der Waals surface area contributed by atoms with Gasteiger partial charge in [-0.1, -0.05) is 26.0 Å². The maximum Gasteiger partial charge on any atom is 0.279 e. The summed E-state index contributed by atoms with van der Waals surface area (Å²) in [5, 5.41) is 0.919. The Kier molecular flexibility index (Phi) is 6.68. The third-order valence-corrected chi connectivity index (χ3v) is 5.57. The summed E-state index contributed by atoms with van der Waals surface area (Å²) in [4.78, 5) is 24.8. The van der Waals surface area contributed by atoms with Crippen molar-refractivity contribution in [2.45, 2.75) is 60.0 Å². The lowest BCUT2D eigenvalue weighted by atomic mass is 9.95. The van der Waals surface area contributed by atoms with E-state index in [2.05, 4.69) is 37.7 Å². The van der Waals surface area contributed by atoms with Crippen molar-refractivity contribution in [3.63, 3.8) is 0 Å². The molecule has 1 atom stereocenters. The summed E-state index contributed by atoms with van der Waals surface area (Å²) in [6, 6.07) is 9.77. The van der Waals surface area contributed by atoms with Crippen LogP contribution in [0.3, 0.4) is 0 Å². The number of nitrogens with one attached hydrogen (secondary N) is 2. The minimum Gasteiger partial charge on any atom is -0.481 e. The Hall–Kier alpha value is -3.28. The van der Waals surface area contributed by atoms with Crippen molar-refractivity contribution < 1.29 is 18.7 Å². The van der Waals surface area contributed by atoms with E-state index in [1.807, 2.05) is 38.1 Å². The van der Waals surface area contributed by atoms with Crippen molar-refractivity contribution in [2.75, 3.05) is 0 Å². The number of amides is 2. The standard InChI is InChI=1S/C25H30N2O4/c1-14(2)20-12-21-19(13-30-23(21)10-16(20)4)11-24(28)26-27-25(29)18(6)31-22-9-7-8-15(3)17(22)5/h7-10,12-14,18H,11H2,1-6H3,(H,26,28)(H,27,29). The first kappa shape index (κ1) is 22.4. The van der Waals surface area contributed by atoms with Gasteiger partial charge in [0.15, 0.2) is 6.10 Å². The van der Waals surface area contributed by atoms with Crippen LogP contribution in [0.25, 0.3) is 11.0 Å². The molecule has 1 heterocycles. The zero-order valence-electron chi connectivity index (χ0n) is 19.0. The Balaban J connectivity index is 1.60. The minimum absolute atomic E-state index is 0.0973. The molecule has 6 nitrogen and oxygen atoms in total. The molecule has 0 saturated heterocycles. The van der Waals surface area contributed by atoms with Crippen molar-refractivity contribution in [2.24, 2.45) is 0 Å². The van der Waals surface area contributed by atoms with Crippen LogP contribution in [-0.2, 0) is 16.0 Å². The van der Waals surface area contributed by atoms with Crippen LogP contribution >= 0.6 is 0 Å². The molecule has 1 unspecified atom stereocenters. The number of benzene rings is 2. The number of carbonyl (C=O) groups is 2. The molecule has 0 fully saturated rings. The summed E-state index contributed by atoms with van der Waals surface area (Å²) < 4.78 is 11.4. The number of rotatable bonds is 6. The number of aryl methyl sites for hydroxylation is 2. The molecule has 31 heavy (non-hydrogen) atoms. The molecule has 0 bridgehead atoms. The van der Waals surface area contributed by atoms with Gasteiger partial charge in [0.25, 0.3) is 5.91 Å². The summed E-state index contributed by atoms with van der Waals surface area (Å²) in [5.41, 5.74) is 10.9. The van der Waals surface area contributed by atoms with Gasteiger partial charge in [-0.2, -0.15) is 0 Å². The Bertz CT molecular complexity index is 1110. The van der Waals surface area contributed by atoms with Gasteiger partial charge in [0, 0.05) is 10.9 Å². The normalized spacial score (nSPS) is 12.1. The molecule has 0 saturated carbocycles. The van der Waals surface area contributed by atoms with E-state index in [4.69, 9.17) is 9.15 Å². The summed E-state index contributed by atoms with van der Waals surface area (Å²) in [6.45, 7) is 11.9. The fourth-order valence-corrected chi connectivity index (χ4v) is 3.55. The zero-order chi connectivity index (χ0) is 22.7. The van der Waals surface area contributed by atoms with Gasteiger partial charge >= 0.3 is 0 Å². The van der Waals surface area contributed by atoms with Crippen molar-refractivity contribution in [3.8, 4) is 5.75 Å². The lowest BCUT2D eigenvalue weighted by Gasteiger charge is -2.17.